The van der Waals surface area contributed by atoms with Gasteiger partial charge in [0.05, 0.1) is 6.04 Å². The van der Waals surface area contributed by atoms with Crippen LogP contribution in [-0.2, 0) is 4.79 Å². The molecule has 3 atom stereocenters. The molecule has 1 aliphatic rings. The van der Waals surface area contributed by atoms with E-state index in [1.165, 1.54) is 25.0 Å². The Morgan fingerprint density at radius 1 is 1.38 bits per heavy atom. The lowest BCUT2D eigenvalue weighted by Gasteiger charge is -2.29. The monoisotopic (exact) mass is 407 g/mol. The number of nitrogens with zero attached hydrogens (tertiary/aromatic N) is 1. The second-order valence-corrected chi connectivity index (χ2v) is 7.13. The number of piperidine rings is 1. The maximum Gasteiger partial charge on any atom is 0.220 e. The van der Waals surface area contributed by atoms with Crippen LogP contribution in [-0.4, -0.2) is 44.5 Å². The molecule has 1 aliphatic heterocycles. The number of amides is 1. The minimum absolute atomic E-state index is 0. The Hall–Kier alpha value is -0.880. The number of carbonyl (C=O) groups excluding carboxylic acids is 1. The van der Waals surface area contributed by atoms with Crippen molar-refractivity contribution in [3.8, 4) is 0 Å². The van der Waals surface area contributed by atoms with Gasteiger partial charge in [-0.2, -0.15) is 0 Å². The van der Waals surface area contributed by atoms with Gasteiger partial charge in [-0.15, -0.1) is 24.8 Å². The number of halogens is 3. The van der Waals surface area contributed by atoms with E-state index >= 15 is 0 Å². The van der Waals surface area contributed by atoms with Gasteiger partial charge in [0.1, 0.15) is 5.82 Å². The standard InChI is InChI=1S/C19H30FN3O.2ClH/c1-14(16-7-5-9-21-12-16)10-19(24)22-13-18(23(2)3)15-6-4-8-17(20)11-15;;/h4,6,8,11,14,16,18,21H,5,7,9-10,12-13H2,1-3H3,(H,22,24);2*1H. The summed E-state index contributed by atoms with van der Waals surface area (Å²) >= 11 is 0. The van der Waals surface area contributed by atoms with Crippen molar-refractivity contribution in [1.82, 2.24) is 15.5 Å². The van der Waals surface area contributed by atoms with Crippen molar-refractivity contribution in [2.24, 2.45) is 11.8 Å². The predicted octanol–water partition coefficient (Wildman–Crippen LogP) is 3.41. The van der Waals surface area contributed by atoms with Crippen LogP contribution in [0.1, 0.15) is 37.8 Å². The molecule has 1 aromatic rings. The molecule has 3 unspecified atom stereocenters. The number of likely N-dealkylation sites (N-methyl/N-ethyl adjacent to an activating group) is 1. The summed E-state index contributed by atoms with van der Waals surface area (Å²) in [6.45, 7) is 4.75. The lowest BCUT2D eigenvalue weighted by molar-refractivity contribution is -0.122. The van der Waals surface area contributed by atoms with Crippen LogP contribution in [0.2, 0.25) is 0 Å². The first-order valence-corrected chi connectivity index (χ1v) is 8.86. The Morgan fingerprint density at radius 2 is 2.12 bits per heavy atom. The van der Waals surface area contributed by atoms with E-state index in [1.807, 2.05) is 25.1 Å². The number of carbonyl (C=O) groups is 1. The van der Waals surface area contributed by atoms with Crippen molar-refractivity contribution in [2.45, 2.75) is 32.2 Å². The quantitative estimate of drug-likeness (QED) is 0.727. The van der Waals surface area contributed by atoms with E-state index in [4.69, 9.17) is 0 Å². The van der Waals surface area contributed by atoms with Crippen molar-refractivity contribution < 1.29 is 9.18 Å². The molecule has 0 bridgehead atoms. The molecule has 1 amide bonds. The van der Waals surface area contributed by atoms with Crippen LogP contribution in [0.15, 0.2) is 24.3 Å². The van der Waals surface area contributed by atoms with E-state index in [1.54, 1.807) is 6.07 Å². The number of nitrogens with one attached hydrogen (secondary N) is 2. The number of benzene rings is 1. The Morgan fingerprint density at radius 3 is 2.69 bits per heavy atom. The minimum atomic E-state index is -0.246. The molecule has 1 heterocycles. The Labute approximate surface area is 169 Å². The highest BCUT2D eigenvalue weighted by molar-refractivity contribution is 5.85. The van der Waals surface area contributed by atoms with Crippen molar-refractivity contribution in [3.05, 3.63) is 35.6 Å². The molecule has 7 heteroatoms. The zero-order chi connectivity index (χ0) is 17.5. The molecule has 0 aliphatic carbocycles. The number of hydrogen-bond acceptors (Lipinski definition) is 3. The molecular formula is C19H32Cl2FN3O. The first kappa shape index (κ1) is 25.1. The topological polar surface area (TPSA) is 44.4 Å². The van der Waals surface area contributed by atoms with Gasteiger partial charge in [0.15, 0.2) is 0 Å². The highest BCUT2D eigenvalue weighted by atomic mass is 35.5. The van der Waals surface area contributed by atoms with Gasteiger partial charge in [-0.05, 0) is 69.6 Å². The molecule has 0 saturated carbocycles. The molecule has 2 N–H and O–H groups in total. The van der Waals surface area contributed by atoms with Crippen molar-refractivity contribution >= 4 is 30.7 Å². The largest absolute Gasteiger partial charge is 0.354 e. The SMILES string of the molecule is CC(CC(=O)NCC(c1cccc(F)c1)N(C)C)C1CCCNC1.Cl.Cl. The zero-order valence-electron chi connectivity index (χ0n) is 15.8. The van der Waals surface area contributed by atoms with Crippen molar-refractivity contribution in [2.75, 3.05) is 33.7 Å². The van der Waals surface area contributed by atoms with Crippen LogP contribution < -0.4 is 10.6 Å². The van der Waals surface area contributed by atoms with Gasteiger partial charge in [0, 0.05) is 13.0 Å². The summed E-state index contributed by atoms with van der Waals surface area (Å²) in [5, 5.41) is 6.44. The van der Waals surface area contributed by atoms with Crippen LogP contribution in [0.25, 0.3) is 0 Å². The highest BCUT2D eigenvalue weighted by Crippen LogP contribution is 2.23. The summed E-state index contributed by atoms with van der Waals surface area (Å²) in [5.41, 5.74) is 0.879. The summed E-state index contributed by atoms with van der Waals surface area (Å²) in [6.07, 6.45) is 2.94. The van der Waals surface area contributed by atoms with Crippen molar-refractivity contribution in [1.29, 1.82) is 0 Å². The van der Waals surface area contributed by atoms with E-state index in [-0.39, 0.29) is 42.6 Å². The van der Waals surface area contributed by atoms with Gasteiger partial charge in [0.2, 0.25) is 5.91 Å². The van der Waals surface area contributed by atoms with Crippen LogP contribution in [0.3, 0.4) is 0 Å². The Bertz CT molecular complexity index is 539. The Kier molecular flexibility index (Phi) is 12.1. The molecule has 4 nitrogen and oxygen atoms in total. The average Bonchev–Trinajstić information content (AvgIpc) is 2.55. The molecular weight excluding hydrogens is 376 g/mol. The van der Waals surface area contributed by atoms with Crippen LogP contribution in [0.4, 0.5) is 4.39 Å². The van der Waals surface area contributed by atoms with Gasteiger partial charge in [-0.25, -0.2) is 4.39 Å². The van der Waals surface area contributed by atoms with E-state index < -0.39 is 0 Å². The number of hydrogen-bond donors (Lipinski definition) is 2. The lowest BCUT2D eigenvalue weighted by Crippen LogP contribution is -2.38. The molecule has 0 spiro atoms. The first-order chi connectivity index (χ1) is 11.5. The highest BCUT2D eigenvalue weighted by Gasteiger charge is 2.23. The molecule has 150 valence electrons. The molecule has 2 rings (SSSR count). The van der Waals surface area contributed by atoms with E-state index in [0.717, 1.165) is 18.7 Å². The molecule has 1 aromatic carbocycles. The first-order valence-electron chi connectivity index (χ1n) is 8.86. The van der Waals surface area contributed by atoms with Gasteiger partial charge >= 0.3 is 0 Å². The summed E-state index contributed by atoms with van der Waals surface area (Å²) in [6, 6.07) is 6.55. The third-order valence-electron chi connectivity index (χ3n) is 5.00. The fourth-order valence-corrected chi connectivity index (χ4v) is 3.42. The summed E-state index contributed by atoms with van der Waals surface area (Å²) in [7, 11) is 3.89. The van der Waals surface area contributed by atoms with E-state index in [0.29, 0.717) is 24.8 Å². The molecule has 26 heavy (non-hydrogen) atoms. The third-order valence-corrected chi connectivity index (χ3v) is 5.00. The zero-order valence-corrected chi connectivity index (χ0v) is 17.5. The fraction of sp³-hybridized carbons (Fsp3) is 0.632. The molecule has 0 aromatic heterocycles. The van der Waals surface area contributed by atoms with E-state index in [2.05, 4.69) is 17.6 Å². The lowest BCUT2D eigenvalue weighted by atomic mass is 9.85. The maximum absolute atomic E-state index is 13.5. The number of rotatable bonds is 7. The second-order valence-electron chi connectivity index (χ2n) is 7.13. The summed E-state index contributed by atoms with van der Waals surface area (Å²) in [4.78, 5) is 14.3. The van der Waals surface area contributed by atoms with Crippen molar-refractivity contribution in [3.63, 3.8) is 0 Å². The Balaban J connectivity index is 0.00000312. The van der Waals surface area contributed by atoms with E-state index in [9.17, 15) is 9.18 Å². The summed E-state index contributed by atoms with van der Waals surface area (Å²) in [5.74, 6) is 0.794. The van der Waals surface area contributed by atoms with Gasteiger partial charge < -0.3 is 15.5 Å². The van der Waals surface area contributed by atoms with Crippen LogP contribution in [0, 0.1) is 17.7 Å². The molecule has 0 radical (unpaired) electrons. The van der Waals surface area contributed by atoms with Gasteiger partial charge in [-0.1, -0.05) is 19.1 Å². The average molecular weight is 408 g/mol. The third kappa shape index (κ3) is 7.78. The van der Waals surface area contributed by atoms with Gasteiger partial charge in [0.25, 0.3) is 0 Å². The fourth-order valence-electron chi connectivity index (χ4n) is 3.42. The second kappa shape index (κ2) is 12.5. The maximum atomic E-state index is 13.5. The smallest absolute Gasteiger partial charge is 0.220 e. The normalized spacial score (nSPS) is 19.0. The minimum Gasteiger partial charge on any atom is -0.354 e. The molecule has 1 fully saturated rings. The van der Waals surface area contributed by atoms with Crippen LogP contribution >= 0.6 is 24.8 Å². The molecule has 1 saturated heterocycles. The van der Waals surface area contributed by atoms with Crippen LogP contribution in [0.5, 0.6) is 0 Å². The van der Waals surface area contributed by atoms with Gasteiger partial charge in [-0.3, -0.25) is 4.79 Å². The predicted molar refractivity (Wildman–Crippen MR) is 110 cm³/mol. The summed E-state index contributed by atoms with van der Waals surface area (Å²) < 4.78 is 13.5.